The molecule has 0 fully saturated rings. The lowest BCUT2D eigenvalue weighted by atomic mass is 10.0. The van der Waals surface area contributed by atoms with Gasteiger partial charge in [0.25, 0.3) is 0 Å². The summed E-state index contributed by atoms with van der Waals surface area (Å²) < 4.78 is 13.9. The topological polar surface area (TPSA) is 70.6 Å². The zero-order chi connectivity index (χ0) is 15.1. The second kappa shape index (κ2) is 7.85. The summed E-state index contributed by atoms with van der Waals surface area (Å²) in [7, 11) is 0. The van der Waals surface area contributed by atoms with E-state index < -0.39 is 0 Å². The highest BCUT2D eigenvalue weighted by molar-refractivity contribution is 5.97. The van der Waals surface area contributed by atoms with E-state index in [1.54, 1.807) is 12.1 Å². The summed E-state index contributed by atoms with van der Waals surface area (Å²) in [5.41, 5.74) is 6.38. The highest BCUT2D eigenvalue weighted by Crippen LogP contribution is 2.12. The molecular formula is C15H24FN3O. The zero-order valence-corrected chi connectivity index (χ0v) is 12.4. The summed E-state index contributed by atoms with van der Waals surface area (Å²) in [6, 6.07) is 4.93. The molecule has 0 aromatic heterocycles. The third-order valence-electron chi connectivity index (χ3n) is 3.27. The minimum Gasteiger partial charge on any atom is -0.409 e. The van der Waals surface area contributed by atoms with E-state index in [1.807, 2.05) is 0 Å². The standard InChI is InChI=1S/C15H24FN3O/c1-10(2)4-5-11(3)18-9-13-7-6-12(8-14(13)16)15(17)19-20/h6-8,10-11,18,20H,4-5,9H2,1-3H3,(H2,17,19). The van der Waals surface area contributed by atoms with Gasteiger partial charge in [-0.05, 0) is 31.7 Å². The molecule has 0 aliphatic rings. The first kappa shape index (κ1) is 16.4. The Morgan fingerprint density at radius 1 is 1.35 bits per heavy atom. The van der Waals surface area contributed by atoms with Crippen LogP contribution in [0.5, 0.6) is 0 Å². The fraction of sp³-hybridized carbons (Fsp3) is 0.533. The molecule has 1 unspecified atom stereocenters. The third-order valence-corrected chi connectivity index (χ3v) is 3.27. The van der Waals surface area contributed by atoms with Crippen molar-refractivity contribution < 1.29 is 9.60 Å². The van der Waals surface area contributed by atoms with Gasteiger partial charge >= 0.3 is 0 Å². The fourth-order valence-electron chi connectivity index (χ4n) is 1.88. The maximum absolute atomic E-state index is 13.9. The number of nitrogens with one attached hydrogen (secondary N) is 1. The van der Waals surface area contributed by atoms with E-state index in [4.69, 9.17) is 10.9 Å². The first-order chi connectivity index (χ1) is 9.43. The molecule has 0 aliphatic heterocycles. The summed E-state index contributed by atoms with van der Waals surface area (Å²) in [5, 5.41) is 14.7. The van der Waals surface area contributed by atoms with Crippen LogP contribution in [-0.2, 0) is 6.54 Å². The number of halogens is 1. The normalized spacial score (nSPS) is 13.8. The molecule has 0 radical (unpaired) electrons. The van der Waals surface area contributed by atoms with Crippen molar-refractivity contribution in [2.75, 3.05) is 0 Å². The number of oxime groups is 1. The number of rotatable bonds is 7. The van der Waals surface area contributed by atoms with Crippen LogP contribution in [0.2, 0.25) is 0 Å². The van der Waals surface area contributed by atoms with Crippen LogP contribution in [0.25, 0.3) is 0 Å². The lowest BCUT2D eigenvalue weighted by Gasteiger charge is -2.15. The van der Waals surface area contributed by atoms with Gasteiger partial charge in [-0.25, -0.2) is 4.39 Å². The number of nitrogens with zero attached hydrogens (tertiary/aromatic N) is 1. The predicted octanol–water partition coefficient (Wildman–Crippen LogP) is 2.83. The van der Waals surface area contributed by atoms with Crippen LogP contribution in [0.3, 0.4) is 0 Å². The van der Waals surface area contributed by atoms with E-state index in [2.05, 4.69) is 31.2 Å². The van der Waals surface area contributed by atoms with Crippen LogP contribution in [0, 0.1) is 11.7 Å². The fourth-order valence-corrected chi connectivity index (χ4v) is 1.88. The minimum absolute atomic E-state index is 0.0892. The molecule has 0 saturated carbocycles. The second-order valence-electron chi connectivity index (χ2n) is 5.54. The van der Waals surface area contributed by atoms with E-state index in [0.29, 0.717) is 29.6 Å². The van der Waals surface area contributed by atoms with Crippen LogP contribution in [0.4, 0.5) is 4.39 Å². The van der Waals surface area contributed by atoms with E-state index in [0.717, 1.165) is 12.8 Å². The number of hydrogen-bond acceptors (Lipinski definition) is 3. The summed E-state index contributed by atoms with van der Waals surface area (Å²) in [4.78, 5) is 0. The quantitative estimate of drug-likeness (QED) is 0.311. The average Bonchev–Trinajstić information content (AvgIpc) is 2.42. The van der Waals surface area contributed by atoms with Gasteiger partial charge in [-0.3, -0.25) is 0 Å². The Morgan fingerprint density at radius 2 is 2.05 bits per heavy atom. The van der Waals surface area contributed by atoms with Gasteiger partial charge in [-0.1, -0.05) is 31.1 Å². The Morgan fingerprint density at radius 3 is 2.60 bits per heavy atom. The van der Waals surface area contributed by atoms with Gasteiger partial charge in [-0.2, -0.15) is 0 Å². The van der Waals surface area contributed by atoms with E-state index >= 15 is 0 Å². The van der Waals surface area contributed by atoms with Crippen molar-refractivity contribution >= 4 is 5.84 Å². The Labute approximate surface area is 119 Å². The maximum Gasteiger partial charge on any atom is 0.170 e. The third kappa shape index (κ3) is 5.17. The largest absolute Gasteiger partial charge is 0.409 e. The first-order valence-corrected chi connectivity index (χ1v) is 6.93. The molecule has 0 amide bonds. The first-order valence-electron chi connectivity index (χ1n) is 6.93. The van der Waals surface area contributed by atoms with Gasteiger partial charge in [0.2, 0.25) is 0 Å². The number of benzene rings is 1. The van der Waals surface area contributed by atoms with Gasteiger partial charge in [0, 0.05) is 23.7 Å². The molecule has 1 aromatic carbocycles. The molecule has 20 heavy (non-hydrogen) atoms. The van der Waals surface area contributed by atoms with Crippen LogP contribution >= 0.6 is 0 Å². The van der Waals surface area contributed by atoms with Crippen LogP contribution in [0.15, 0.2) is 23.4 Å². The van der Waals surface area contributed by atoms with Crippen LogP contribution in [0.1, 0.15) is 44.7 Å². The molecule has 0 aliphatic carbocycles. The summed E-state index contributed by atoms with van der Waals surface area (Å²) in [6.07, 6.45) is 2.22. The van der Waals surface area contributed by atoms with Crippen molar-refractivity contribution in [3.05, 3.63) is 35.1 Å². The van der Waals surface area contributed by atoms with Gasteiger partial charge in [-0.15, -0.1) is 0 Å². The molecule has 0 saturated heterocycles. The maximum atomic E-state index is 13.9. The van der Waals surface area contributed by atoms with Crippen molar-refractivity contribution in [2.45, 2.75) is 46.2 Å². The molecule has 1 aromatic rings. The van der Waals surface area contributed by atoms with Gasteiger partial charge in [0.05, 0.1) is 0 Å². The molecule has 5 heteroatoms. The van der Waals surface area contributed by atoms with E-state index in [1.165, 1.54) is 6.07 Å². The van der Waals surface area contributed by atoms with Gasteiger partial charge in [0.1, 0.15) is 5.82 Å². The highest BCUT2D eigenvalue weighted by Gasteiger charge is 2.08. The molecule has 0 bridgehead atoms. The number of amidine groups is 1. The highest BCUT2D eigenvalue weighted by atomic mass is 19.1. The summed E-state index contributed by atoms with van der Waals surface area (Å²) in [6.45, 7) is 6.96. The minimum atomic E-state index is -0.349. The SMILES string of the molecule is CC(C)CCC(C)NCc1ccc(C(N)=NO)cc1F. The van der Waals surface area contributed by atoms with E-state index in [-0.39, 0.29) is 11.7 Å². The lowest BCUT2D eigenvalue weighted by Crippen LogP contribution is -2.26. The molecule has 0 heterocycles. The van der Waals surface area contributed by atoms with E-state index in [9.17, 15) is 4.39 Å². The monoisotopic (exact) mass is 281 g/mol. The summed E-state index contributed by atoms with van der Waals surface area (Å²) in [5.74, 6) is 0.238. The van der Waals surface area contributed by atoms with Crippen LogP contribution < -0.4 is 11.1 Å². The average molecular weight is 281 g/mol. The van der Waals surface area contributed by atoms with Crippen molar-refractivity contribution in [1.82, 2.24) is 5.32 Å². The Balaban J connectivity index is 2.56. The molecular weight excluding hydrogens is 257 g/mol. The molecule has 1 rings (SSSR count). The molecule has 4 nitrogen and oxygen atoms in total. The smallest absolute Gasteiger partial charge is 0.170 e. The van der Waals surface area contributed by atoms with Crippen molar-refractivity contribution in [2.24, 2.45) is 16.8 Å². The second-order valence-corrected chi connectivity index (χ2v) is 5.54. The Kier molecular flexibility index (Phi) is 6.45. The summed E-state index contributed by atoms with van der Waals surface area (Å²) >= 11 is 0. The zero-order valence-electron chi connectivity index (χ0n) is 12.4. The number of nitrogens with two attached hydrogens (primary N) is 1. The van der Waals surface area contributed by atoms with Crippen molar-refractivity contribution in [3.63, 3.8) is 0 Å². The molecule has 4 N–H and O–H groups in total. The Hall–Kier alpha value is -1.62. The lowest BCUT2D eigenvalue weighted by molar-refractivity contribution is 0.318. The van der Waals surface area contributed by atoms with Gasteiger partial charge in [0.15, 0.2) is 5.84 Å². The Bertz CT molecular complexity index is 460. The molecule has 0 spiro atoms. The number of hydrogen-bond donors (Lipinski definition) is 3. The van der Waals surface area contributed by atoms with Crippen molar-refractivity contribution in [3.8, 4) is 0 Å². The van der Waals surface area contributed by atoms with Crippen LogP contribution in [-0.4, -0.2) is 17.1 Å². The molecule has 1 atom stereocenters. The molecule has 112 valence electrons. The van der Waals surface area contributed by atoms with Gasteiger partial charge < -0.3 is 16.3 Å². The van der Waals surface area contributed by atoms with Crippen molar-refractivity contribution in [1.29, 1.82) is 0 Å². The predicted molar refractivity (Wildman–Crippen MR) is 79.3 cm³/mol.